The summed E-state index contributed by atoms with van der Waals surface area (Å²) < 4.78 is 3.64. The van der Waals surface area contributed by atoms with E-state index < -0.39 is 0 Å². The van der Waals surface area contributed by atoms with Crippen LogP contribution in [0.3, 0.4) is 0 Å². The highest BCUT2D eigenvalue weighted by molar-refractivity contribution is 7.14. The van der Waals surface area contributed by atoms with Gasteiger partial charge in [-0.3, -0.25) is 19.2 Å². The van der Waals surface area contributed by atoms with Gasteiger partial charge < -0.3 is 14.8 Å². The number of carbonyl (C=O) groups is 1. The summed E-state index contributed by atoms with van der Waals surface area (Å²) in [4.78, 5) is 33.7. The topological polar surface area (TPSA) is 75.4 Å². The number of hydrogen-bond donors (Lipinski definition) is 1. The van der Waals surface area contributed by atoms with Crippen molar-refractivity contribution in [2.75, 3.05) is 30.4 Å². The Kier molecular flexibility index (Phi) is 6.59. The molecule has 2 aliphatic heterocycles. The molecule has 212 valence electrons. The molecule has 1 N–H and O–H groups in total. The fourth-order valence-electron chi connectivity index (χ4n) is 6.76. The first-order valence-corrected chi connectivity index (χ1v) is 15.5. The molecule has 9 heteroatoms. The lowest BCUT2D eigenvalue weighted by Gasteiger charge is -2.30. The normalized spacial score (nSPS) is 16.9. The first-order valence-electron chi connectivity index (χ1n) is 14.7. The fourth-order valence-corrected chi connectivity index (χ4v) is 8.15. The summed E-state index contributed by atoms with van der Waals surface area (Å²) in [6.07, 6.45) is 8.26. The maximum Gasteiger partial charge on any atom is 0.274 e. The van der Waals surface area contributed by atoms with E-state index in [0.29, 0.717) is 18.1 Å². The number of nitrogens with zero attached hydrogens (tertiary/aromatic N) is 5. The van der Waals surface area contributed by atoms with E-state index in [1.165, 1.54) is 28.8 Å². The smallest absolute Gasteiger partial charge is 0.274 e. The van der Waals surface area contributed by atoms with Gasteiger partial charge in [0.15, 0.2) is 5.82 Å². The third-order valence-corrected chi connectivity index (χ3v) is 10.2. The van der Waals surface area contributed by atoms with Crippen molar-refractivity contribution in [3.05, 3.63) is 79.0 Å². The zero-order valence-electron chi connectivity index (χ0n) is 24.0. The summed E-state index contributed by atoms with van der Waals surface area (Å²) in [6, 6.07) is 10.2. The highest BCUT2D eigenvalue weighted by atomic mass is 32.1. The van der Waals surface area contributed by atoms with Crippen LogP contribution in [0.5, 0.6) is 0 Å². The van der Waals surface area contributed by atoms with Crippen molar-refractivity contribution in [3.63, 3.8) is 0 Å². The van der Waals surface area contributed by atoms with Crippen LogP contribution in [-0.2, 0) is 45.8 Å². The molecule has 1 amide bonds. The number of carbonyl (C=O) groups excluding carboxylic acids is 1. The molecule has 0 saturated heterocycles. The van der Waals surface area contributed by atoms with Crippen LogP contribution in [0.2, 0.25) is 0 Å². The molecule has 0 spiro atoms. The Morgan fingerprint density at radius 3 is 2.71 bits per heavy atom. The molecule has 0 bridgehead atoms. The minimum absolute atomic E-state index is 0.105. The van der Waals surface area contributed by atoms with Crippen LogP contribution in [0, 0.1) is 0 Å². The predicted molar refractivity (Wildman–Crippen MR) is 165 cm³/mol. The van der Waals surface area contributed by atoms with E-state index >= 15 is 0 Å². The number of amides is 1. The van der Waals surface area contributed by atoms with Gasteiger partial charge in [-0.15, -0.1) is 11.3 Å². The quantitative estimate of drug-likeness (QED) is 0.361. The standard InChI is InChI=1S/C32H36N6O2S/c1-4-22-23(9-7-10-27(22)37-13-12-25-24-8-5-6-11-28(24)41-30(25)32(37)40)20-16-26(31(39)36(3)18-20)33-29-17-21-19-35(2)14-15-38(21)34-29/h7,9-10,16-18H,4-6,8,11-15,19H2,1-3H3,(H,33,34). The van der Waals surface area contributed by atoms with Gasteiger partial charge in [0.2, 0.25) is 0 Å². The third-order valence-electron chi connectivity index (χ3n) is 8.85. The number of anilines is 3. The van der Waals surface area contributed by atoms with Crippen LogP contribution in [0.1, 0.15) is 56.7 Å². The lowest BCUT2D eigenvalue weighted by molar-refractivity contribution is 0.0984. The van der Waals surface area contributed by atoms with E-state index in [-0.39, 0.29) is 11.5 Å². The molecule has 0 atom stereocenters. The number of likely N-dealkylation sites (N-methyl/N-ethyl adjacent to an activating group) is 1. The summed E-state index contributed by atoms with van der Waals surface area (Å²) in [5.74, 6) is 0.817. The molecular formula is C32H36N6O2S. The Morgan fingerprint density at radius 1 is 1.00 bits per heavy atom. The molecular weight excluding hydrogens is 532 g/mol. The molecule has 0 fully saturated rings. The highest BCUT2D eigenvalue weighted by Gasteiger charge is 2.33. The zero-order chi connectivity index (χ0) is 28.2. The molecule has 1 aromatic carbocycles. The van der Waals surface area contributed by atoms with Crippen LogP contribution >= 0.6 is 11.3 Å². The Balaban J connectivity index is 1.24. The number of pyridine rings is 1. The molecule has 7 rings (SSSR count). The number of rotatable bonds is 5. The molecule has 5 heterocycles. The number of thiophene rings is 1. The molecule has 8 nitrogen and oxygen atoms in total. The van der Waals surface area contributed by atoms with E-state index in [1.807, 2.05) is 34.0 Å². The van der Waals surface area contributed by atoms with Gasteiger partial charge in [-0.1, -0.05) is 19.1 Å². The number of fused-ring (bicyclic) bond motifs is 4. The monoisotopic (exact) mass is 568 g/mol. The van der Waals surface area contributed by atoms with Crippen molar-refractivity contribution in [1.82, 2.24) is 19.2 Å². The van der Waals surface area contributed by atoms with Gasteiger partial charge in [0.25, 0.3) is 11.5 Å². The van der Waals surface area contributed by atoms with E-state index in [0.717, 1.165) is 78.3 Å². The second-order valence-electron chi connectivity index (χ2n) is 11.5. The Bertz CT molecular complexity index is 1730. The van der Waals surface area contributed by atoms with Gasteiger partial charge in [-0.05, 0) is 80.0 Å². The zero-order valence-corrected chi connectivity index (χ0v) is 24.8. The summed E-state index contributed by atoms with van der Waals surface area (Å²) in [7, 11) is 3.89. The first-order chi connectivity index (χ1) is 19.9. The average molecular weight is 569 g/mol. The second-order valence-corrected chi connectivity index (χ2v) is 12.7. The minimum atomic E-state index is -0.105. The van der Waals surface area contributed by atoms with E-state index in [4.69, 9.17) is 5.10 Å². The molecule has 4 aromatic rings. The van der Waals surface area contributed by atoms with Gasteiger partial charge in [-0.2, -0.15) is 5.10 Å². The summed E-state index contributed by atoms with van der Waals surface area (Å²) in [5, 5.41) is 8.01. The molecule has 0 saturated carbocycles. The SMILES string of the molecule is CCc1c(-c2cc(Nc3cc4n(n3)CCN(C)C4)c(=O)n(C)c2)cccc1N1CCc2c(sc3c2CCCC3)C1=O. The Morgan fingerprint density at radius 2 is 1.85 bits per heavy atom. The van der Waals surface area contributed by atoms with Crippen LogP contribution < -0.4 is 15.8 Å². The molecule has 41 heavy (non-hydrogen) atoms. The van der Waals surface area contributed by atoms with Crippen molar-refractivity contribution in [3.8, 4) is 11.1 Å². The van der Waals surface area contributed by atoms with Crippen molar-refractivity contribution in [1.29, 1.82) is 0 Å². The fraction of sp³-hybridized carbons (Fsp3) is 0.406. The number of benzene rings is 1. The minimum Gasteiger partial charge on any atom is -0.334 e. The van der Waals surface area contributed by atoms with E-state index in [1.54, 1.807) is 23.0 Å². The van der Waals surface area contributed by atoms with Crippen molar-refractivity contribution >= 4 is 34.4 Å². The van der Waals surface area contributed by atoms with Gasteiger partial charge in [-0.25, -0.2) is 0 Å². The Labute approximate surface area is 244 Å². The maximum absolute atomic E-state index is 13.9. The van der Waals surface area contributed by atoms with Crippen LogP contribution in [-0.4, -0.2) is 45.3 Å². The predicted octanol–water partition coefficient (Wildman–Crippen LogP) is 5.14. The largest absolute Gasteiger partial charge is 0.334 e. The molecule has 0 unspecified atom stereocenters. The number of hydrogen-bond acceptors (Lipinski definition) is 6. The lowest BCUT2D eigenvalue weighted by Crippen LogP contribution is -2.37. The van der Waals surface area contributed by atoms with Crippen LogP contribution in [0.15, 0.2) is 41.3 Å². The van der Waals surface area contributed by atoms with Crippen molar-refractivity contribution < 1.29 is 4.79 Å². The highest BCUT2D eigenvalue weighted by Crippen LogP contribution is 2.40. The lowest BCUT2D eigenvalue weighted by atomic mass is 9.91. The summed E-state index contributed by atoms with van der Waals surface area (Å²) >= 11 is 1.73. The van der Waals surface area contributed by atoms with Crippen molar-refractivity contribution in [2.24, 2.45) is 7.05 Å². The number of nitrogens with one attached hydrogen (secondary N) is 1. The van der Waals surface area contributed by atoms with E-state index in [2.05, 4.69) is 36.3 Å². The Hall–Kier alpha value is -3.69. The molecule has 0 radical (unpaired) electrons. The van der Waals surface area contributed by atoms with Gasteiger partial charge in [0.1, 0.15) is 5.69 Å². The second kappa shape index (κ2) is 10.3. The average Bonchev–Trinajstić information content (AvgIpc) is 3.56. The molecule has 3 aliphatic rings. The third kappa shape index (κ3) is 4.51. The van der Waals surface area contributed by atoms with Crippen LogP contribution in [0.4, 0.5) is 17.2 Å². The van der Waals surface area contributed by atoms with Gasteiger partial charge in [0.05, 0.1) is 17.1 Å². The number of aromatic nitrogens is 3. The number of aryl methyl sites for hydroxylation is 2. The molecule has 1 aliphatic carbocycles. The first kappa shape index (κ1) is 26.2. The summed E-state index contributed by atoms with van der Waals surface area (Å²) in [5.41, 5.74) is 8.36. The molecule has 3 aromatic heterocycles. The maximum atomic E-state index is 13.9. The van der Waals surface area contributed by atoms with E-state index in [9.17, 15) is 9.59 Å². The summed E-state index contributed by atoms with van der Waals surface area (Å²) in [6.45, 7) is 5.47. The van der Waals surface area contributed by atoms with Crippen molar-refractivity contribution in [2.45, 2.75) is 58.5 Å². The van der Waals surface area contributed by atoms with Crippen LogP contribution in [0.25, 0.3) is 11.1 Å². The van der Waals surface area contributed by atoms with Gasteiger partial charge >= 0.3 is 0 Å². The van der Waals surface area contributed by atoms with Gasteiger partial charge in [0, 0.05) is 55.1 Å².